The molecule has 6 nitrogen and oxygen atoms in total. The fraction of sp³-hybridized carbons (Fsp3) is 0.579. The van der Waals surface area contributed by atoms with Crippen LogP contribution in [-0.4, -0.2) is 43.5 Å². The van der Waals surface area contributed by atoms with Crippen molar-refractivity contribution < 1.29 is 14.3 Å². The van der Waals surface area contributed by atoms with E-state index in [0.29, 0.717) is 30.0 Å². The quantitative estimate of drug-likeness (QED) is 0.641. The Bertz CT molecular complexity index is 589. The van der Waals surface area contributed by atoms with Gasteiger partial charge >= 0.3 is 0 Å². The van der Waals surface area contributed by atoms with Crippen molar-refractivity contribution in [3.8, 4) is 5.75 Å². The number of anilines is 1. The summed E-state index contributed by atoms with van der Waals surface area (Å²) < 4.78 is 5.31. The molecule has 0 aromatic heterocycles. The molecule has 0 radical (unpaired) electrons. The molecule has 3 N–H and O–H groups in total. The fourth-order valence-corrected chi connectivity index (χ4v) is 3.04. The van der Waals surface area contributed by atoms with Crippen LogP contribution in [0, 0.1) is 0 Å². The van der Waals surface area contributed by atoms with Crippen molar-refractivity contribution in [2.24, 2.45) is 5.73 Å². The Morgan fingerprint density at radius 3 is 2.50 bits per heavy atom. The van der Waals surface area contributed by atoms with Gasteiger partial charge in [0.1, 0.15) is 5.75 Å². The number of halogens is 1. The number of carbonyl (C=O) groups is 2. The van der Waals surface area contributed by atoms with Crippen LogP contribution in [0.3, 0.4) is 0 Å². The van der Waals surface area contributed by atoms with Crippen molar-refractivity contribution in [3.05, 3.63) is 23.8 Å². The molecule has 2 rings (SSSR count). The third-order valence-electron chi connectivity index (χ3n) is 4.47. The van der Waals surface area contributed by atoms with E-state index >= 15 is 0 Å². The van der Waals surface area contributed by atoms with Crippen LogP contribution >= 0.6 is 12.4 Å². The summed E-state index contributed by atoms with van der Waals surface area (Å²) in [6.07, 6.45) is 6.43. The van der Waals surface area contributed by atoms with Gasteiger partial charge in [0.15, 0.2) is 0 Å². The maximum absolute atomic E-state index is 12.5. The lowest BCUT2D eigenvalue weighted by Gasteiger charge is -2.17. The molecule has 1 aromatic rings. The van der Waals surface area contributed by atoms with Gasteiger partial charge in [0.05, 0.1) is 12.8 Å². The minimum Gasteiger partial charge on any atom is -0.495 e. The SMILES string of the molecule is COc1ccc(C(=O)N2CCCC2)cc1NC(=O)CCCCCCN.Cl. The Morgan fingerprint density at radius 2 is 1.85 bits per heavy atom. The number of amides is 2. The van der Waals surface area contributed by atoms with Gasteiger partial charge in [-0.15, -0.1) is 12.4 Å². The molecule has 2 amide bonds. The molecule has 26 heavy (non-hydrogen) atoms. The Kier molecular flexibility index (Phi) is 10.1. The molecule has 0 saturated carbocycles. The molecule has 0 bridgehead atoms. The highest BCUT2D eigenvalue weighted by Gasteiger charge is 2.20. The number of nitrogens with zero attached hydrogens (tertiary/aromatic N) is 1. The van der Waals surface area contributed by atoms with E-state index in [0.717, 1.165) is 51.6 Å². The first kappa shape index (κ1) is 22.3. The average molecular weight is 384 g/mol. The van der Waals surface area contributed by atoms with Gasteiger partial charge in [-0.3, -0.25) is 9.59 Å². The van der Waals surface area contributed by atoms with E-state index in [1.807, 2.05) is 4.90 Å². The van der Waals surface area contributed by atoms with Crippen LogP contribution in [0.15, 0.2) is 18.2 Å². The number of unbranched alkanes of at least 4 members (excludes halogenated alkanes) is 3. The van der Waals surface area contributed by atoms with E-state index in [9.17, 15) is 9.59 Å². The van der Waals surface area contributed by atoms with Gasteiger partial charge in [-0.1, -0.05) is 12.8 Å². The average Bonchev–Trinajstić information content (AvgIpc) is 3.15. The highest BCUT2D eigenvalue weighted by molar-refractivity contribution is 5.98. The molecule has 0 spiro atoms. The van der Waals surface area contributed by atoms with Crippen molar-refractivity contribution in [3.63, 3.8) is 0 Å². The second-order valence-corrected chi connectivity index (χ2v) is 6.42. The van der Waals surface area contributed by atoms with Crippen LogP contribution in [0.1, 0.15) is 55.3 Å². The predicted octanol–water partition coefficient (Wildman–Crippen LogP) is 3.20. The standard InChI is InChI=1S/C19H29N3O3.ClH/c1-25-17-10-9-15(19(24)22-12-6-7-13-22)14-16(17)21-18(23)8-4-2-3-5-11-20;/h9-10,14H,2-8,11-13,20H2,1H3,(H,21,23);1H. The minimum atomic E-state index is -0.0585. The molecular formula is C19H30ClN3O3. The Hall–Kier alpha value is -1.79. The minimum absolute atomic E-state index is 0. The van der Waals surface area contributed by atoms with Gasteiger partial charge in [-0.05, 0) is 50.4 Å². The monoisotopic (exact) mass is 383 g/mol. The lowest BCUT2D eigenvalue weighted by atomic mass is 10.1. The van der Waals surface area contributed by atoms with Crippen LogP contribution < -0.4 is 15.8 Å². The van der Waals surface area contributed by atoms with E-state index in [4.69, 9.17) is 10.5 Å². The number of ether oxygens (including phenoxy) is 1. The van der Waals surface area contributed by atoms with Gasteiger partial charge in [0.2, 0.25) is 5.91 Å². The van der Waals surface area contributed by atoms with E-state index in [-0.39, 0.29) is 24.2 Å². The Labute approximate surface area is 161 Å². The zero-order chi connectivity index (χ0) is 18.1. The van der Waals surface area contributed by atoms with Crippen molar-refractivity contribution in [2.75, 3.05) is 32.1 Å². The number of nitrogens with two attached hydrogens (primary N) is 1. The smallest absolute Gasteiger partial charge is 0.253 e. The van der Waals surface area contributed by atoms with Crippen LogP contribution in [-0.2, 0) is 4.79 Å². The van der Waals surface area contributed by atoms with Gasteiger partial charge in [-0.2, -0.15) is 0 Å². The van der Waals surface area contributed by atoms with Gasteiger partial charge in [0, 0.05) is 25.1 Å². The normalized spacial score (nSPS) is 13.2. The number of methoxy groups -OCH3 is 1. The maximum atomic E-state index is 12.5. The summed E-state index contributed by atoms with van der Waals surface area (Å²) in [6.45, 7) is 2.30. The largest absolute Gasteiger partial charge is 0.495 e. The van der Waals surface area contributed by atoms with E-state index in [2.05, 4.69) is 5.32 Å². The molecule has 7 heteroatoms. The molecule has 1 fully saturated rings. The number of likely N-dealkylation sites (tertiary alicyclic amines) is 1. The van der Waals surface area contributed by atoms with Crippen molar-refractivity contribution in [2.45, 2.75) is 44.9 Å². The van der Waals surface area contributed by atoms with E-state index in [1.54, 1.807) is 25.3 Å². The van der Waals surface area contributed by atoms with Gasteiger partial charge in [-0.25, -0.2) is 0 Å². The number of nitrogens with one attached hydrogen (secondary N) is 1. The van der Waals surface area contributed by atoms with Crippen molar-refractivity contribution in [1.29, 1.82) is 0 Å². The molecule has 1 heterocycles. The van der Waals surface area contributed by atoms with E-state index < -0.39 is 0 Å². The molecule has 0 unspecified atom stereocenters. The summed E-state index contributed by atoms with van der Waals surface area (Å²) in [6, 6.07) is 5.20. The third kappa shape index (κ3) is 6.50. The second-order valence-electron chi connectivity index (χ2n) is 6.42. The zero-order valence-electron chi connectivity index (χ0n) is 15.5. The first-order valence-corrected chi connectivity index (χ1v) is 9.13. The first-order valence-electron chi connectivity index (χ1n) is 9.13. The summed E-state index contributed by atoms with van der Waals surface area (Å²) in [5.41, 5.74) is 6.60. The summed E-state index contributed by atoms with van der Waals surface area (Å²) in [7, 11) is 1.56. The summed E-state index contributed by atoms with van der Waals surface area (Å²) in [5, 5.41) is 2.88. The fourth-order valence-electron chi connectivity index (χ4n) is 3.04. The Balaban J connectivity index is 0.00000338. The predicted molar refractivity (Wildman–Crippen MR) is 106 cm³/mol. The molecule has 1 aliphatic heterocycles. The molecule has 1 aliphatic rings. The van der Waals surface area contributed by atoms with Crippen LogP contribution in [0.4, 0.5) is 5.69 Å². The lowest BCUT2D eigenvalue weighted by molar-refractivity contribution is -0.116. The highest BCUT2D eigenvalue weighted by Crippen LogP contribution is 2.27. The molecular weight excluding hydrogens is 354 g/mol. The molecule has 0 aliphatic carbocycles. The number of hydrogen-bond acceptors (Lipinski definition) is 4. The number of rotatable bonds is 9. The summed E-state index contributed by atoms with van der Waals surface area (Å²) in [5.74, 6) is 0.517. The van der Waals surface area contributed by atoms with Crippen LogP contribution in [0.2, 0.25) is 0 Å². The summed E-state index contributed by atoms with van der Waals surface area (Å²) >= 11 is 0. The van der Waals surface area contributed by atoms with E-state index in [1.165, 1.54) is 0 Å². The second kappa shape index (κ2) is 11.8. The molecule has 0 atom stereocenters. The zero-order valence-corrected chi connectivity index (χ0v) is 16.3. The third-order valence-corrected chi connectivity index (χ3v) is 4.47. The van der Waals surface area contributed by atoms with Crippen molar-refractivity contribution in [1.82, 2.24) is 4.90 Å². The number of hydrogen-bond donors (Lipinski definition) is 2. The van der Waals surface area contributed by atoms with Gasteiger partial charge < -0.3 is 20.7 Å². The van der Waals surface area contributed by atoms with Gasteiger partial charge in [0.25, 0.3) is 5.91 Å². The molecule has 1 saturated heterocycles. The number of benzene rings is 1. The summed E-state index contributed by atoms with van der Waals surface area (Å²) in [4.78, 5) is 26.5. The van der Waals surface area contributed by atoms with Crippen LogP contribution in [0.25, 0.3) is 0 Å². The lowest BCUT2D eigenvalue weighted by Crippen LogP contribution is -2.27. The van der Waals surface area contributed by atoms with Crippen LogP contribution in [0.5, 0.6) is 5.75 Å². The number of carbonyl (C=O) groups excluding carboxylic acids is 2. The Morgan fingerprint density at radius 1 is 1.15 bits per heavy atom. The molecule has 146 valence electrons. The maximum Gasteiger partial charge on any atom is 0.253 e. The first-order chi connectivity index (χ1) is 12.2. The highest BCUT2D eigenvalue weighted by atomic mass is 35.5. The van der Waals surface area contributed by atoms with Crippen molar-refractivity contribution >= 4 is 29.9 Å². The topological polar surface area (TPSA) is 84.7 Å². The molecule has 1 aromatic carbocycles.